The molecule has 1 aliphatic carbocycles. The summed E-state index contributed by atoms with van der Waals surface area (Å²) < 4.78 is 21.6. The zero-order valence-corrected chi connectivity index (χ0v) is 26.4. The van der Waals surface area contributed by atoms with E-state index >= 15 is 0 Å². The molecule has 3 amide bonds. The van der Waals surface area contributed by atoms with Crippen molar-refractivity contribution >= 4 is 24.2 Å². The second-order valence-corrected chi connectivity index (χ2v) is 13.9. The van der Waals surface area contributed by atoms with Crippen molar-refractivity contribution < 1.29 is 42.6 Å². The van der Waals surface area contributed by atoms with Gasteiger partial charge < -0.3 is 24.3 Å². The topological polar surface area (TPSA) is 117 Å². The van der Waals surface area contributed by atoms with Gasteiger partial charge in [0, 0.05) is 6.42 Å². The number of rotatable bonds is 6. The highest BCUT2D eigenvalue weighted by atomic mass is 16.6. The Morgan fingerprint density at radius 1 is 0.829 bits per heavy atom. The molecular formula is C31H49N2O8+. The fourth-order valence-corrected chi connectivity index (χ4v) is 4.91. The third-order valence-corrected chi connectivity index (χ3v) is 6.76. The summed E-state index contributed by atoms with van der Waals surface area (Å²) in [6.07, 6.45) is -0.454. The number of imide groups is 1. The van der Waals surface area contributed by atoms with E-state index in [4.69, 9.17) is 18.9 Å². The van der Waals surface area contributed by atoms with Gasteiger partial charge in [0.15, 0.2) is 6.54 Å². The van der Waals surface area contributed by atoms with Crippen molar-refractivity contribution in [2.45, 2.75) is 130 Å². The SMILES string of the molecule is CC(C)(C)OC(=O)N[C@@H]1CCCC[C@@]1(C)[N+](CC(=O)OCc1ccccc1)(C(=O)OC(C)(C)C)C(=O)OC(C)(C)C. The van der Waals surface area contributed by atoms with Crippen LogP contribution in [0.15, 0.2) is 30.3 Å². The number of carbonyl (C=O) groups is 4. The molecule has 0 heterocycles. The first-order chi connectivity index (χ1) is 18.7. The van der Waals surface area contributed by atoms with Crippen molar-refractivity contribution in [2.24, 2.45) is 0 Å². The van der Waals surface area contributed by atoms with Crippen molar-refractivity contribution in [3.05, 3.63) is 35.9 Å². The molecular weight excluding hydrogens is 528 g/mol. The van der Waals surface area contributed by atoms with E-state index in [-0.39, 0.29) is 6.61 Å². The van der Waals surface area contributed by atoms with Crippen LogP contribution in [0, 0.1) is 0 Å². The van der Waals surface area contributed by atoms with Crippen molar-refractivity contribution in [1.82, 2.24) is 5.32 Å². The Hall–Kier alpha value is -3.14. The van der Waals surface area contributed by atoms with E-state index in [2.05, 4.69) is 5.32 Å². The predicted molar refractivity (Wildman–Crippen MR) is 154 cm³/mol. The number of hydrogen-bond acceptors (Lipinski definition) is 8. The number of nitrogens with zero attached hydrogens (tertiary/aromatic N) is 1. The molecule has 2 atom stereocenters. The molecule has 1 aromatic rings. The Morgan fingerprint density at radius 3 is 1.83 bits per heavy atom. The first kappa shape index (κ1) is 34.1. The third kappa shape index (κ3) is 9.45. The smallest absolute Gasteiger partial charge is 0.457 e. The highest BCUT2D eigenvalue weighted by Gasteiger charge is 2.67. The minimum atomic E-state index is -1.34. The quantitative estimate of drug-likeness (QED) is 0.227. The lowest BCUT2D eigenvalue weighted by molar-refractivity contribution is -0.839. The van der Waals surface area contributed by atoms with Gasteiger partial charge in [-0.05, 0) is 87.6 Å². The zero-order valence-electron chi connectivity index (χ0n) is 26.4. The van der Waals surface area contributed by atoms with E-state index in [9.17, 15) is 19.2 Å². The Labute approximate surface area is 244 Å². The molecule has 0 aromatic heterocycles. The molecule has 1 fully saturated rings. The number of benzene rings is 1. The van der Waals surface area contributed by atoms with Gasteiger partial charge in [0.2, 0.25) is 0 Å². The number of amides is 3. The number of esters is 1. The van der Waals surface area contributed by atoms with E-state index in [1.54, 1.807) is 81.4 Å². The number of carbonyl (C=O) groups excluding carboxylic acids is 4. The van der Waals surface area contributed by atoms with E-state index in [1.807, 2.05) is 18.2 Å². The predicted octanol–water partition coefficient (Wildman–Crippen LogP) is 6.64. The second kappa shape index (κ2) is 12.8. The van der Waals surface area contributed by atoms with Gasteiger partial charge in [0.1, 0.15) is 28.9 Å². The summed E-state index contributed by atoms with van der Waals surface area (Å²) in [5.41, 5.74) is -3.34. The minimum absolute atomic E-state index is 0.0430. The molecule has 0 unspecified atom stereocenters. The van der Waals surface area contributed by atoms with Crippen LogP contribution in [-0.4, -0.2) is 63.7 Å². The third-order valence-electron chi connectivity index (χ3n) is 6.76. The van der Waals surface area contributed by atoms with Gasteiger partial charge in [-0.1, -0.05) is 36.8 Å². The van der Waals surface area contributed by atoms with Crippen molar-refractivity contribution in [3.8, 4) is 0 Å². The lowest BCUT2D eigenvalue weighted by Crippen LogP contribution is -2.78. The van der Waals surface area contributed by atoms with Crippen molar-refractivity contribution in [3.63, 3.8) is 0 Å². The molecule has 41 heavy (non-hydrogen) atoms. The van der Waals surface area contributed by atoms with E-state index in [0.717, 1.165) is 12.0 Å². The molecule has 0 bridgehead atoms. The maximum absolute atomic E-state index is 14.3. The van der Waals surface area contributed by atoms with Crippen LogP contribution in [0.25, 0.3) is 0 Å². The molecule has 1 aliphatic rings. The van der Waals surface area contributed by atoms with Crippen molar-refractivity contribution in [1.29, 1.82) is 0 Å². The van der Waals surface area contributed by atoms with Crippen LogP contribution in [0.4, 0.5) is 14.4 Å². The van der Waals surface area contributed by atoms with Crippen LogP contribution in [0.5, 0.6) is 0 Å². The van der Waals surface area contributed by atoms with Crippen LogP contribution in [0.3, 0.4) is 0 Å². The second-order valence-electron chi connectivity index (χ2n) is 13.9. The number of nitrogens with one attached hydrogen (secondary N) is 1. The summed E-state index contributed by atoms with van der Waals surface area (Å²) in [6.45, 7) is 16.3. The number of hydrogen-bond donors (Lipinski definition) is 1. The molecule has 0 radical (unpaired) electrons. The molecule has 1 aromatic carbocycles. The molecule has 0 aliphatic heterocycles. The maximum atomic E-state index is 14.3. The number of ether oxygens (including phenoxy) is 4. The standard InChI is InChI=1S/C31H48N2O8/c1-28(2,3)39-25(35)32-23-18-14-15-19-31(23,10)33(26(36)40-29(4,5)6,27(37)41-30(7,8)9)20-24(34)38-21-22-16-12-11-13-17-22/h11-13,16-17,23H,14-15,18-21H2,1-10H3/p+1/t23-,31-/m1/s1. The highest BCUT2D eigenvalue weighted by Crippen LogP contribution is 2.42. The average molecular weight is 578 g/mol. The van der Waals surface area contributed by atoms with Crippen LogP contribution in [-0.2, 0) is 30.3 Å². The Kier molecular flexibility index (Phi) is 10.6. The lowest BCUT2D eigenvalue weighted by Gasteiger charge is -2.50. The first-order valence-corrected chi connectivity index (χ1v) is 14.2. The number of alkyl carbamates (subject to hydrolysis) is 1. The highest BCUT2D eigenvalue weighted by molar-refractivity contribution is 5.83. The van der Waals surface area contributed by atoms with Gasteiger partial charge in [0.05, 0.1) is 6.04 Å². The summed E-state index contributed by atoms with van der Waals surface area (Å²) in [7, 11) is 0. The Morgan fingerprint density at radius 2 is 1.34 bits per heavy atom. The Bertz CT molecular complexity index is 1050. The van der Waals surface area contributed by atoms with Crippen LogP contribution < -0.4 is 5.32 Å². The molecule has 1 N–H and O–H groups in total. The summed E-state index contributed by atoms with van der Waals surface area (Å²) in [5, 5.41) is 2.89. The average Bonchev–Trinajstić information content (AvgIpc) is 2.79. The molecule has 10 nitrogen and oxygen atoms in total. The fraction of sp³-hybridized carbons (Fsp3) is 0.677. The first-order valence-electron chi connectivity index (χ1n) is 14.2. The van der Waals surface area contributed by atoms with Crippen molar-refractivity contribution in [2.75, 3.05) is 6.54 Å². The molecule has 1 saturated carbocycles. The monoisotopic (exact) mass is 577 g/mol. The summed E-state index contributed by atoms with van der Waals surface area (Å²) >= 11 is 0. The van der Waals surface area contributed by atoms with E-state index in [1.165, 1.54) is 0 Å². The lowest BCUT2D eigenvalue weighted by atomic mass is 9.75. The minimum Gasteiger partial charge on any atom is -0.457 e. The normalized spacial score (nSPS) is 20.0. The molecule has 2 rings (SSSR count). The molecule has 0 spiro atoms. The molecule has 10 heteroatoms. The fourth-order valence-electron chi connectivity index (χ4n) is 4.91. The van der Waals surface area contributed by atoms with Gasteiger partial charge in [-0.2, -0.15) is 9.59 Å². The largest absolute Gasteiger partial charge is 0.528 e. The van der Waals surface area contributed by atoms with Gasteiger partial charge in [-0.25, -0.2) is 9.59 Å². The maximum Gasteiger partial charge on any atom is 0.528 e. The molecule has 0 saturated heterocycles. The van der Waals surface area contributed by atoms with Gasteiger partial charge in [0.25, 0.3) is 0 Å². The van der Waals surface area contributed by atoms with Gasteiger partial charge in [-0.3, -0.25) is 0 Å². The van der Waals surface area contributed by atoms with E-state index in [0.29, 0.717) is 19.3 Å². The van der Waals surface area contributed by atoms with Crippen LogP contribution in [0.2, 0.25) is 0 Å². The summed E-state index contributed by atoms with van der Waals surface area (Å²) in [6, 6.07) is 8.37. The van der Waals surface area contributed by atoms with Gasteiger partial charge in [-0.15, -0.1) is 4.48 Å². The molecule has 230 valence electrons. The number of quaternary nitrogens is 1. The summed E-state index contributed by atoms with van der Waals surface area (Å²) in [5.74, 6) is -0.784. The Balaban J connectivity index is 2.66. The van der Waals surface area contributed by atoms with E-state index < -0.39 is 63.7 Å². The summed E-state index contributed by atoms with van der Waals surface area (Å²) in [4.78, 5) is 55.0. The van der Waals surface area contributed by atoms with Crippen LogP contribution >= 0.6 is 0 Å². The zero-order chi connectivity index (χ0) is 31.3. The van der Waals surface area contributed by atoms with Crippen LogP contribution in [0.1, 0.15) is 100 Å². The van der Waals surface area contributed by atoms with Gasteiger partial charge >= 0.3 is 24.2 Å².